The molecule has 4 rings (SSSR count). The predicted molar refractivity (Wildman–Crippen MR) is 125 cm³/mol. The molecule has 7 nitrogen and oxygen atoms in total. The first-order chi connectivity index (χ1) is 15.3. The fraction of sp³-hybridized carbons (Fsp3) is 0.417. The standard InChI is InChI=1S/C24H30N4O3S/c1-16(2)22(23-25-20-9-5-6-10-21(20)26-23)27-24(29)19-15-18(12-11-17(19)3)32(30,31)28-13-7-4-8-14-28/h5-6,9-12,15-16,22H,4,7-8,13-14H2,1-3H3,(H,25,26)(H,27,29). The highest BCUT2D eigenvalue weighted by Crippen LogP contribution is 2.25. The van der Waals surface area contributed by atoms with Gasteiger partial charge in [-0.25, -0.2) is 13.4 Å². The SMILES string of the molecule is Cc1ccc(S(=O)(=O)N2CCCCC2)cc1C(=O)NC(c1nc2ccccc2[nH]1)C(C)C. The number of aryl methyl sites for hydroxylation is 1. The lowest BCUT2D eigenvalue weighted by atomic mass is 10.0. The lowest BCUT2D eigenvalue weighted by molar-refractivity contribution is 0.0922. The lowest BCUT2D eigenvalue weighted by Gasteiger charge is -2.26. The van der Waals surface area contributed by atoms with Crippen LogP contribution in [-0.2, 0) is 10.0 Å². The number of aromatic amines is 1. The van der Waals surface area contributed by atoms with Crippen LogP contribution in [0.2, 0.25) is 0 Å². The topological polar surface area (TPSA) is 95.2 Å². The molecule has 0 aliphatic carbocycles. The third kappa shape index (κ3) is 4.42. The van der Waals surface area contributed by atoms with Crippen LogP contribution in [0.15, 0.2) is 47.4 Å². The molecule has 8 heteroatoms. The average Bonchev–Trinajstić information content (AvgIpc) is 3.21. The number of sulfonamides is 1. The van der Waals surface area contributed by atoms with Crippen molar-refractivity contribution in [3.8, 4) is 0 Å². The van der Waals surface area contributed by atoms with Crippen LogP contribution in [0.3, 0.4) is 0 Å². The van der Waals surface area contributed by atoms with Crippen LogP contribution >= 0.6 is 0 Å². The summed E-state index contributed by atoms with van der Waals surface area (Å²) in [7, 11) is -3.61. The minimum atomic E-state index is -3.61. The van der Waals surface area contributed by atoms with Gasteiger partial charge >= 0.3 is 0 Å². The lowest BCUT2D eigenvalue weighted by Crippen LogP contribution is -2.36. The van der Waals surface area contributed by atoms with E-state index in [1.165, 1.54) is 10.4 Å². The van der Waals surface area contributed by atoms with E-state index < -0.39 is 10.0 Å². The molecule has 2 N–H and O–H groups in total. The van der Waals surface area contributed by atoms with Gasteiger partial charge in [0.05, 0.1) is 22.0 Å². The second-order valence-electron chi connectivity index (χ2n) is 8.78. The third-order valence-corrected chi connectivity index (χ3v) is 7.96. The van der Waals surface area contributed by atoms with Crippen LogP contribution < -0.4 is 5.32 Å². The van der Waals surface area contributed by atoms with Gasteiger partial charge in [-0.3, -0.25) is 4.79 Å². The van der Waals surface area contributed by atoms with Crippen LogP contribution in [0.5, 0.6) is 0 Å². The van der Waals surface area contributed by atoms with Crippen molar-refractivity contribution in [2.45, 2.75) is 51.0 Å². The molecule has 1 saturated heterocycles. The van der Waals surface area contributed by atoms with E-state index in [2.05, 4.69) is 15.3 Å². The number of aromatic nitrogens is 2. The molecule has 32 heavy (non-hydrogen) atoms. The van der Waals surface area contributed by atoms with Gasteiger partial charge < -0.3 is 10.3 Å². The summed E-state index contributed by atoms with van der Waals surface area (Å²) in [5.41, 5.74) is 2.85. The van der Waals surface area contributed by atoms with Crippen LogP contribution in [0.25, 0.3) is 11.0 Å². The fourth-order valence-corrected chi connectivity index (χ4v) is 5.69. The molecular formula is C24H30N4O3S. The van der Waals surface area contributed by atoms with Crippen molar-refractivity contribution in [3.63, 3.8) is 0 Å². The van der Waals surface area contributed by atoms with Crippen LogP contribution in [-0.4, -0.2) is 41.7 Å². The van der Waals surface area contributed by atoms with Crippen LogP contribution in [0.1, 0.15) is 60.9 Å². The number of carbonyl (C=O) groups excluding carboxylic acids is 1. The van der Waals surface area contributed by atoms with Crippen molar-refractivity contribution in [1.82, 2.24) is 19.6 Å². The van der Waals surface area contributed by atoms with E-state index in [1.807, 2.05) is 45.0 Å². The molecule has 0 bridgehead atoms. The highest BCUT2D eigenvalue weighted by atomic mass is 32.2. The first-order valence-electron chi connectivity index (χ1n) is 11.1. The van der Waals surface area contributed by atoms with E-state index in [9.17, 15) is 13.2 Å². The number of para-hydroxylation sites is 2. The summed E-state index contributed by atoms with van der Waals surface area (Å²) < 4.78 is 27.7. The highest BCUT2D eigenvalue weighted by molar-refractivity contribution is 7.89. The Morgan fingerprint density at radius 3 is 2.50 bits per heavy atom. The molecule has 170 valence electrons. The maximum Gasteiger partial charge on any atom is 0.252 e. The number of piperidine rings is 1. The van der Waals surface area contributed by atoms with Crippen molar-refractivity contribution in [3.05, 3.63) is 59.4 Å². The van der Waals surface area contributed by atoms with Gasteiger partial charge in [0.2, 0.25) is 10.0 Å². The Hall–Kier alpha value is -2.71. The Labute approximate surface area is 189 Å². The summed E-state index contributed by atoms with van der Waals surface area (Å²) in [6.45, 7) is 6.90. The molecule has 1 aliphatic heterocycles. The Morgan fingerprint density at radius 1 is 1.09 bits per heavy atom. The first-order valence-corrected chi connectivity index (χ1v) is 12.6. The van der Waals surface area contributed by atoms with Gasteiger partial charge in [-0.15, -0.1) is 0 Å². The van der Waals surface area contributed by atoms with Crippen LogP contribution in [0, 0.1) is 12.8 Å². The molecule has 2 aromatic carbocycles. The second-order valence-corrected chi connectivity index (χ2v) is 10.7. The van der Waals surface area contributed by atoms with Crippen molar-refractivity contribution in [1.29, 1.82) is 0 Å². The van der Waals surface area contributed by atoms with Gasteiger partial charge in [0.25, 0.3) is 5.91 Å². The summed E-state index contributed by atoms with van der Waals surface area (Å²) in [5, 5.41) is 3.07. The summed E-state index contributed by atoms with van der Waals surface area (Å²) in [4.78, 5) is 21.4. The number of benzene rings is 2. The number of imidazole rings is 1. The zero-order chi connectivity index (χ0) is 22.9. The maximum atomic E-state index is 13.3. The van der Waals surface area contributed by atoms with Crippen molar-refractivity contribution < 1.29 is 13.2 Å². The zero-order valence-corrected chi connectivity index (χ0v) is 19.6. The number of nitrogens with zero attached hydrogens (tertiary/aromatic N) is 2. The van der Waals surface area contributed by atoms with Crippen molar-refractivity contribution >= 4 is 27.0 Å². The molecule has 3 aromatic rings. The van der Waals surface area contributed by atoms with Gasteiger partial charge in [0.1, 0.15) is 5.82 Å². The minimum Gasteiger partial charge on any atom is -0.342 e. The predicted octanol–water partition coefficient (Wildman–Crippen LogP) is 4.17. The maximum absolute atomic E-state index is 13.3. The summed E-state index contributed by atoms with van der Waals surface area (Å²) in [5.74, 6) is 0.460. The molecule has 0 spiro atoms. The number of hydrogen-bond donors (Lipinski definition) is 2. The molecule has 1 atom stereocenters. The van der Waals surface area contributed by atoms with E-state index in [1.54, 1.807) is 12.1 Å². The molecule has 0 saturated carbocycles. The Kier molecular flexibility index (Phi) is 6.35. The van der Waals surface area contributed by atoms with Gasteiger partial charge in [0, 0.05) is 18.7 Å². The molecular weight excluding hydrogens is 424 g/mol. The largest absolute Gasteiger partial charge is 0.342 e. The number of hydrogen-bond acceptors (Lipinski definition) is 4. The molecule has 0 radical (unpaired) electrons. The van der Waals surface area contributed by atoms with Crippen LogP contribution in [0.4, 0.5) is 0 Å². The molecule has 1 amide bonds. The number of amides is 1. The van der Waals surface area contributed by atoms with E-state index >= 15 is 0 Å². The van der Waals surface area contributed by atoms with Gasteiger partial charge in [-0.2, -0.15) is 4.31 Å². The number of fused-ring (bicyclic) bond motifs is 1. The number of nitrogens with one attached hydrogen (secondary N) is 2. The normalized spacial score (nSPS) is 16.4. The number of H-pyrrole nitrogens is 1. The average molecular weight is 455 g/mol. The molecule has 1 fully saturated rings. The molecule has 1 unspecified atom stereocenters. The van der Waals surface area contributed by atoms with Gasteiger partial charge in [-0.1, -0.05) is 38.5 Å². The molecule has 1 aliphatic rings. The molecule has 2 heterocycles. The third-order valence-electron chi connectivity index (χ3n) is 6.06. The second kappa shape index (κ2) is 9.03. The Bertz CT molecular complexity index is 1190. The summed E-state index contributed by atoms with van der Waals surface area (Å²) in [6, 6.07) is 12.2. The highest BCUT2D eigenvalue weighted by Gasteiger charge is 2.28. The number of carbonyl (C=O) groups is 1. The van der Waals surface area contributed by atoms with E-state index in [0.29, 0.717) is 24.5 Å². The minimum absolute atomic E-state index is 0.0834. The monoisotopic (exact) mass is 454 g/mol. The van der Waals surface area contributed by atoms with Gasteiger partial charge in [0.15, 0.2) is 0 Å². The fourth-order valence-electron chi connectivity index (χ4n) is 4.15. The zero-order valence-electron chi connectivity index (χ0n) is 18.8. The first kappa shape index (κ1) is 22.5. The van der Waals surface area contributed by atoms with Crippen molar-refractivity contribution in [2.75, 3.05) is 13.1 Å². The quantitative estimate of drug-likeness (QED) is 0.584. The number of rotatable bonds is 6. The van der Waals surface area contributed by atoms with Crippen molar-refractivity contribution in [2.24, 2.45) is 5.92 Å². The molecule has 1 aromatic heterocycles. The van der Waals surface area contributed by atoms with E-state index in [4.69, 9.17) is 0 Å². The smallest absolute Gasteiger partial charge is 0.252 e. The Balaban J connectivity index is 1.62. The Morgan fingerprint density at radius 2 is 1.81 bits per heavy atom. The van der Waals surface area contributed by atoms with E-state index in [-0.39, 0.29) is 22.8 Å². The van der Waals surface area contributed by atoms with E-state index in [0.717, 1.165) is 35.9 Å². The summed E-state index contributed by atoms with van der Waals surface area (Å²) >= 11 is 0. The van der Waals surface area contributed by atoms with Gasteiger partial charge in [-0.05, 0) is 55.5 Å². The summed E-state index contributed by atoms with van der Waals surface area (Å²) in [6.07, 6.45) is 2.78.